The number of phenolic OH excluding ortho intramolecular Hbond substituents is 2. The zero-order chi connectivity index (χ0) is 12.5. The van der Waals surface area contributed by atoms with Crippen LogP contribution in [0, 0.1) is 0 Å². The number of aromatic hydroxyl groups is 2. The Morgan fingerprint density at radius 2 is 1.88 bits per heavy atom. The molecule has 17 heavy (non-hydrogen) atoms. The van der Waals surface area contributed by atoms with Gasteiger partial charge in [-0.2, -0.15) is 0 Å². The van der Waals surface area contributed by atoms with E-state index in [1.165, 1.54) is 18.2 Å². The number of hydrogen-bond donors (Lipinski definition) is 3. The number of phenols is 2. The molecular formula is C13H17NO3. The first kappa shape index (κ1) is 11.8. The van der Waals surface area contributed by atoms with E-state index in [1.54, 1.807) is 0 Å². The minimum atomic E-state index is -0.238. The number of carbonyl (C=O) groups excluding carboxylic acids is 1. The molecule has 1 fully saturated rings. The van der Waals surface area contributed by atoms with Gasteiger partial charge in [0.25, 0.3) is 5.91 Å². The highest BCUT2D eigenvalue weighted by Gasteiger charge is 2.36. The van der Waals surface area contributed by atoms with Crippen LogP contribution in [0.1, 0.15) is 43.0 Å². The van der Waals surface area contributed by atoms with Crippen LogP contribution in [0.5, 0.6) is 11.5 Å². The van der Waals surface area contributed by atoms with E-state index in [1.807, 2.05) is 0 Å². The molecule has 0 saturated heterocycles. The first-order valence-corrected chi connectivity index (χ1v) is 5.90. The lowest BCUT2D eigenvalue weighted by molar-refractivity contribution is 0.0819. The van der Waals surface area contributed by atoms with Crippen molar-refractivity contribution in [2.75, 3.05) is 0 Å². The molecule has 4 heteroatoms. The third-order valence-corrected chi connectivity index (χ3v) is 3.53. The smallest absolute Gasteiger partial charge is 0.251 e. The van der Waals surface area contributed by atoms with Crippen molar-refractivity contribution in [3.05, 3.63) is 23.8 Å². The van der Waals surface area contributed by atoms with Gasteiger partial charge in [0.2, 0.25) is 0 Å². The van der Waals surface area contributed by atoms with Crippen LogP contribution < -0.4 is 5.32 Å². The molecule has 2 rings (SSSR count). The van der Waals surface area contributed by atoms with Crippen LogP contribution in [0.3, 0.4) is 0 Å². The molecule has 0 unspecified atom stereocenters. The Bertz CT molecular complexity index is 413. The highest BCUT2D eigenvalue weighted by Crippen LogP contribution is 2.35. The molecule has 1 aromatic rings. The maximum Gasteiger partial charge on any atom is 0.251 e. The summed E-state index contributed by atoms with van der Waals surface area (Å²) < 4.78 is 0. The van der Waals surface area contributed by atoms with E-state index >= 15 is 0 Å². The SMILES string of the molecule is CCC1(NC(=O)c2cc(O)cc(O)c2)CCC1. The summed E-state index contributed by atoms with van der Waals surface area (Å²) in [6.45, 7) is 2.05. The van der Waals surface area contributed by atoms with E-state index in [2.05, 4.69) is 12.2 Å². The average molecular weight is 235 g/mol. The molecule has 0 heterocycles. The van der Waals surface area contributed by atoms with Gasteiger partial charge in [-0.1, -0.05) is 6.92 Å². The highest BCUT2D eigenvalue weighted by molar-refractivity contribution is 5.95. The monoisotopic (exact) mass is 235 g/mol. The molecule has 0 spiro atoms. The van der Waals surface area contributed by atoms with E-state index in [0.29, 0.717) is 5.56 Å². The lowest BCUT2D eigenvalue weighted by Gasteiger charge is -2.42. The summed E-state index contributed by atoms with van der Waals surface area (Å²) >= 11 is 0. The summed E-state index contributed by atoms with van der Waals surface area (Å²) in [5.41, 5.74) is 0.209. The van der Waals surface area contributed by atoms with Gasteiger partial charge in [-0.3, -0.25) is 4.79 Å². The molecule has 4 nitrogen and oxygen atoms in total. The second-order valence-electron chi connectivity index (χ2n) is 4.68. The zero-order valence-corrected chi connectivity index (χ0v) is 9.86. The molecule has 0 bridgehead atoms. The molecule has 1 amide bonds. The van der Waals surface area contributed by atoms with Crippen LogP contribution in [0.15, 0.2) is 18.2 Å². The van der Waals surface area contributed by atoms with Crippen molar-refractivity contribution in [2.45, 2.75) is 38.1 Å². The molecule has 0 aromatic heterocycles. The first-order valence-electron chi connectivity index (χ1n) is 5.90. The summed E-state index contributed by atoms with van der Waals surface area (Å²) in [7, 11) is 0. The molecule has 0 atom stereocenters. The predicted octanol–water partition coefficient (Wildman–Crippen LogP) is 2.16. The molecule has 1 saturated carbocycles. The number of nitrogens with one attached hydrogen (secondary N) is 1. The number of carbonyl (C=O) groups is 1. The van der Waals surface area contributed by atoms with Crippen molar-refractivity contribution in [3.8, 4) is 11.5 Å². The minimum Gasteiger partial charge on any atom is -0.508 e. The number of benzene rings is 1. The first-order chi connectivity index (χ1) is 8.04. The van der Waals surface area contributed by atoms with Gasteiger partial charge in [-0.05, 0) is 37.8 Å². The third-order valence-electron chi connectivity index (χ3n) is 3.53. The number of rotatable bonds is 3. The number of hydrogen-bond acceptors (Lipinski definition) is 3. The van der Waals surface area contributed by atoms with Crippen LogP contribution in [0.25, 0.3) is 0 Å². The Balaban J connectivity index is 2.14. The second kappa shape index (κ2) is 4.28. The second-order valence-corrected chi connectivity index (χ2v) is 4.68. The Labute approximate surface area is 100 Å². The van der Waals surface area contributed by atoms with Gasteiger partial charge in [0.15, 0.2) is 0 Å². The lowest BCUT2D eigenvalue weighted by atomic mass is 9.74. The molecule has 92 valence electrons. The summed E-state index contributed by atoms with van der Waals surface area (Å²) in [4.78, 5) is 12.0. The van der Waals surface area contributed by atoms with Crippen molar-refractivity contribution in [2.24, 2.45) is 0 Å². The third kappa shape index (κ3) is 2.35. The van der Waals surface area contributed by atoms with Gasteiger partial charge in [-0.15, -0.1) is 0 Å². The van der Waals surface area contributed by atoms with E-state index < -0.39 is 0 Å². The van der Waals surface area contributed by atoms with Crippen LogP contribution in [0.4, 0.5) is 0 Å². The molecular weight excluding hydrogens is 218 g/mol. The largest absolute Gasteiger partial charge is 0.508 e. The minimum absolute atomic E-state index is 0.0852. The Hall–Kier alpha value is -1.71. The molecule has 3 N–H and O–H groups in total. The molecule has 1 aromatic carbocycles. The topological polar surface area (TPSA) is 69.6 Å². The molecule has 0 aliphatic heterocycles. The van der Waals surface area contributed by atoms with Crippen LogP contribution in [-0.4, -0.2) is 21.7 Å². The maximum atomic E-state index is 12.0. The summed E-state index contributed by atoms with van der Waals surface area (Å²) in [5, 5.41) is 21.6. The van der Waals surface area contributed by atoms with Crippen LogP contribution in [-0.2, 0) is 0 Å². The van der Waals surface area contributed by atoms with E-state index in [-0.39, 0.29) is 22.9 Å². The van der Waals surface area contributed by atoms with Gasteiger partial charge in [-0.25, -0.2) is 0 Å². The molecule has 0 radical (unpaired) electrons. The van der Waals surface area contributed by atoms with Crippen LogP contribution in [0.2, 0.25) is 0 Å². The van der Waals surface area contributed by atoms with Crippen molar-refractivity contribution >= 4 is 5.91 Å². The normalized spacial score (nSPS) is 17.2. The number of amides is 1. The average Bonchev–Trinajstić information content (AvgIpc) is 2.21. The van der Waals surface area contributed by atoms with Crippen LogP contribution >= 0.6 is 0 Å². The van der Waals surface area contributed by atoms with Crippen molar-refractivity contribution in [3.63, 3.8) is 0 Å². The Kier molecular flexibility index (Phi) is 2.96. The Morgan fingerprint density at radius 1 is 1.29 bits per heavy atom. The van der Waals surface area contributed by atoms with Crippen molar-refractivity contribution < 1.29 is 15.0 Å². The van der Waals surface area contributed by atoms with Gasteiger partial charge in [0, 0.05) is 17.2 Å². The Morgan fingerprint density at radius 3 is 2.29 bits per heavy atom. The summed E-state index contributed by atoms with van der Waals surface area (Å²) in [5.74, 6) is -0.443. The fourth-order valence-corrected chi connectivity index (χ4v) is 2.21. The highest BCUT2D eigenvalue weighted by atomic mass is 16.3. The summed E-state index contributed by atoms with van der Waals surface area (Å²) in [6.07, 6.45) is 4.04. The fraction of sp³-hybridized carbons (Fsp3) is 0.462. The zero-order valence-electron chi connectivity index (χ0n) is 9.86. The van der Waals surface area contributed by atoms with Gasteiger partial charge < -0.3 is 15.5 Å². The van der Waals surface area contributed by atoms with Crippen molar-refractivity contribution in [1.29, 1.82) is 0 Å². The fourth-order valence-electron chi connectivity index (χ4n) is 2.21. The molecule has 1 aliphatic carbocycles. The van der Waals surface area contributed by atoms with Gasteiger partial charge >= 0.3 is 0 Å². The van der Waals surface area contributed by atoms with Gasteiger partial charge in [0.1, 0.15) is 11.5 Å². The van der Waals surface area contributed by atoms with E-state index in [0.717, 1.165) is 25.7 Å². The van der Waals surface area contributed by atoms with Gasteiger partial charge in [0.05, 0.1) is 0 Å². The summed E-state index contributed by atoms with van der Waals surface area (Å²) in [6, 6.07) is 3.92. The standard InChI is InChI=1S/C13H17NO3/c1-2-13(4-3-5-13)14-12(17)9-6-10(15)8-11(16)7-9/h6-8,15-16H,2-5H2,1H3,(H,14,17). The molecule has 1 aliphatic rings. The van der Waals surface area contributed by atoms with E-state index in [9.17, 15) is 15.0 Å². The maximum absolute atomic E-state index is 12.0. The van der Waals surface area contributed by atoms with E-state index in [4.69, 9.17) is 0 Å². The predicted molar refractivity (Wildman–Crippen MR) is 64.1 cm³/mol. The quantitative estimate of drug-likeness (QED) is 0.752. The van der Waals surface area contributed by atoms with Crippen molar-refractivity contribution in [1.82, 2.24) is 5.32 Å². The lowest BCUT2D eigenvalue weighted by Crippen LogP contribution is -2.52.